The SMILES string of the molecule is O[C@@H]1[C@@H](Oc2ccc3cc(Br)ccc3c2)OC[C@H](O)[C@H]1O. The van der Waals surface area contributed by atoms with Crippen molar-refractivity contribution >= 4 is 26.7 Å². The molecule has 2 aromatic rings. The van der Waals surface area contributed by atoms with Crippen molar-refractivity contribution < 1.29 is 24.8 Å². The van der Waals surface area contributed by atoms with E-state index in [0.717, 1.165) is 15.2 Å². The minimum atomic E-state index is -1.30. The Kier molecular flexibility index (Phi) is 4.14. The van der Waals surface area contributed by atoms with Gasteiger partial charge in [-0.25, -0.2) is 0 Å². The normalized spacial score (nSPS) is 29.5. The highest BCUT2D eigenvalue weighted by Crippen LogP contribution is 2.26. The Morgan fingerprint density at radius 3 is 2.52 bits per heavy atom. The van der Waals surface area contributed by atoms with E-state index in [2.05, 4.69) is 15.9 Å². The van der Waals surface area contributed by atoms with Crippen LogP contribution in [0.4, 0.5) is 0 Å². The summed E-state index contributed by atoms with van der Waals surface area (Å²) >= 11 is 3.41. The van der Waals surface area contributed by atoms with Gasteiger partial charge in [-0.05, 0) is 35.0 Å². The molecule has 112 valence electrons. The Bertz CT molecular complexity index is 647. The fourth-order valence-electron chi connectivity index (χ4n) is 2.29. The van der Waals surface area contributed by atoms with Gasteiger partial charge in [-0.1, -0.05) is 28.1 Å². The Morgan fingerprint density at radius 2 is 1.71 bits per heavy atom. The molecule has 6 heteroatoms. The number of aliphatic hydroxyl groups is 3. The molecule has 0 aromatic heterocycles. The summed E-state index contributed by atoms with van der Waals surface area (Å²) in [6.45, 7) is -0.0799. The number of fused-ring (bicyclic) bond motifs is 1. The van der Waals surface area contributed by atoms with Gasteiger partial charge < -0.3 is 24.8 Å². The van der Waals surface area contributed by atoms with Gasteiger partial charge in [-0.15, -0.1) is 0 Å². The lowest BCUT2D eigenvalue weighted by Crippen LogP contribution is -2.54. The first-order valence-corrected chi connectivity index (χ1v) is 7.36. The molecule has 4 atom stereocenters. The van der Waals surface area contributed by atoms with Gasteiger partial charge in [0.05, 0.1) is 6.61 Å². The van der Waals surface area contributed by atoms with Crippen LogP contribution in [0.3, 0.4) is 0 Å². The zero-order chi connectivity index (χ0) is 15.0. The fourth-order valence-corrected chi connectivity index (χ4v) is 2.66. The maximum Gasteiger partial charge on any atom is 0.228 e. The zero-order valence-corrected chi connectivity index (χ0v) is 12.6. The largest absolute Gasteiger partial charge is 0.462 e. The van der Waals surface area contributed by atoms with E-state index >= 15 is 0 Å². The van der Waals surface area contributed by atoms with Crippen molar-refractivity contribution in [3.63, 3.8) is 0 Å². The summed E-state index contributed by atoms with van der Waals surface area (Å²) in [5.41, 5.74) is 0. The van der Waals surface area contributed by atoms with Crippen LogP contribution >= 0.6 is 15.9 Å². The average Bonchev–Trinajstić information content (AvgIpc) is 2.48. The first-order valence-electron chi connectivity index (χ1n) is 6.56. The number of hydrogen-bond acceptors (Lipinski definition) is 5. The first kappa shape index (κ1) is 14.7. The van der Waals surface area contributed by atoms with Gasteiger partial charge in [-0.2, -0.15) is 0 Å². The summed E-state index contributed by atoms with van der Waals surface area (Å²) in [4.78, 5) is 0. The summed E-state index contributed by atoms with van der Waals surface area (Å²) in [6, 6.07) is 11.4. The highest BCUT2D eigenvalue weighted by molar-refractivity contribution is 9.10. The third-order valence-corrected chi connectivity index (χ3v) is 3.97. The van der Waals surface area contributed by atoms with Gasteiger partial charge in [0.15, 0.2) is 0 Å². The van der Waals surface area contributed by atoms with Crippen LogP contribution in [0, 0.1) is 0 Å². The van der Waals surface area contributed by atoms with Crippen LogP contribution in [0.5, 0.6) is 5.75 Å². The highest BCUT2D eigenvalue weighted by atomic mass is 79.9. The summed E-state index contributed by atoms with van der Waals surface area (Å²) < 4.78 is 11.8. The smallest absolute Gasteiger partial charge is 0.228 e. The lowest BCUT2D eigenvalue weighted by molar-refractivity contribution is -0.242. The van der Waals surface area contributed by atoms with Crippen LogP contribution in [0.25, 0.3) is 10.8 Å². The Labute approximate surface area is 129 Å². The minimum absolute atomic E-state index is 0.0799. The minimum Gasteiger partial charge on any atom is -0.462 e. The Morgan fingerprint density at radius 1 is 1.00 bits per heavy atom. The van der Waals surface area contributed by atoms with Crippen molar-refractivity contribution in [3.8, 4) is 5.75 Å². The maximum atomic E-state index is 9.85. The molecule has 5 nitrogen and oxygen atoms in total. The van der Waals surface area contributed by atoms with E-state index < -0.39 is 24.6 Å². The molecule has 3 N–H and O–H groups in total. The number of hydrogen-bond donors (Lipinski definition) is 3. The standard InChI is InChI=1S/C15H15BrO5/c16-10-3-1-9-6-11(4-2-8(9)5-10)21-15-14(19)13(18)12(17)7-20-15/h1-6,12-15,17-19H,7H2/t12-,13+,14-,15+/m0/s1. The van der Waals surface area contributed by atoms with E-state index in [1.54, 1.807) is 6.07 Å². The zero-order valence-electron chi connectivity index (χ0n) is 11.0. The van der Waals surface area contributed by atoms with Gasteiger partial charge in [0, 0.05) is 4.47 Å². The molecule has 1 fully saturated rings. The van der Waals surface area contributed by atoms with E-state index in [-0.39, 0.29) is 6.61 Å². The quantitative estimate of drug-likeness (QED) is 0.760. The molecule has 1 saturated heterocycles. The number of benzene rings is 2. The molecule has 3 rings (SSSR count). The van der Waals surface area contributed by atoms with Crippen LogP contribution in [0.2, 0.25) is 0 Å². The molecule has 21 heavy (non-hydrogen) atoms. The van der Waals surface area contributed by atoms with E-state index in [1.165, 1.54) is 0 Å². The average molecular weight is 355 g/mol. The molecule has 1 heterocycles. The second-order valence-corrected chi connectivity index (χ2v) is 5.94. The third kappa shape index (κ3) is 3.04. The molecule has 0 spiro atoms. The number of rotatable bonds is 2. The molecule has 0 radical (unpaired) electrons. The molecular weight excluding hydrogens is 340 g/mol. The lowest BCUT2D eigenvalue weighted by Gasteiger charge is -2.34. The Hall–Kier alpha value is -1.18. The Balaban J connectivity index is 1.80. The van der Waals surface area contributed by atoms with E-state index in [4.69, 9.17) is 9.47 Å². The second kappa shape index (κ2) is 5.90. The molecule has 1 aliphatic rings. The number of aliphatic hydroxyl groups excluding tert-OH is 3. The molecule has 0 amide bonds. The van der Waals surface area contributed by atoms with Crippen molar-refractivity contribution in [3.05, 3.63) is 40.9 Å². The maximum absolute atomic E-state index is 9.85. The topological polar surface area (TPSA) is 79.2 Å². The molecule has 2 aromatic carbocycles. The highest BCUT2D eigenvalue weighted by Gasteiger charge is 2.38. The summed E-state index contributed by atoms with van der Waals surface area (Å²) in [6.07, 6.45) is -4.68. The predicted octanol–water partition coefficient (Wildman–Crippen LogP) is 1.42. The van der Waals surface area contributed by atoms with Gasteiger partial charge in [0.1, 0.15) is 24.1 Å². The molecular formula is C15H15BrO5. The van der Waals surface area contributed by atoms with Crippen molar-refractivity contribution in [1.82, 2.24) is 0 Å². The van der Waals surface area contributed by atoms with Gasteiger partial charge in [0.25, 0.3) is 0 Å². The van der Waals surface area contributed by atoms with Crippen LogP contribution in [-0.2, 0) is 4.74 Å². The predicted molar refractivity (Wildman–Crippen MR) is 80.0 cm³/mol. The third-order valence-electron chi connectivity index (χ3n) is 3.48. The van der Waals surface area contributed by atoms with Crippen LogP contribution in [0.15, 0.2) is 40.9 Å². The van der Waals surface area contributed by atoms with E-state index in [9.17, 15) is 15.3 Å². The fraction of sp³-hybridized carbons (Fsp3) is 0.333. The van der Waals surface area contributed by atoms with Crippen LogP contribution < -0.4 is 4.74 Å². The van der Waals surface area contributed by atoms with Gasteiger partial charge >= 0.3 is 0 Å². The number of halogens is 1. The second-order valence-electron chi connectivity index (χ2n) is 5.02. The van der Waals surface area contributed by atoms with E-state index in [0.29, 0.717) is 5.75 Å². The summed E-state index contributed by atoms with van der Waals surface area (Å²) in [5.74, 6) is 0.525. The van der Waals surface area contributed by atoms with Crippen molar-refractivity contribution in [2.45, 2.75) is 24.6 Å². The number of ether oxygens (including phenoxy) is 2. The van der Waals surface area contributed by atoms with E-state index in [1.807, 2.05) is 30.3 Å². The van der Waals surface area contributed by atoms with Crippen molar-refractivity contribution in [2.24, 2.45) is 0 Å². The van der Waals surface area contributed by atoms with Gasteiger partial charge in [-0.3, -0.25) is 0 Å². The van der Waals surface area contributed by atoms with Crippen molar-refractivity contribution in [2.75, 3.05) is 6.61 Å². The molecule has 0 saturated carbocycles. The summed E-state index contributed by atoms with van der Waals surface area (Å²) in [5, 5.41) is 30.9. The van der Waals surface area contributed by atoms with Gasteiger partial charge in [0.2, 0.25) is 6.29 Å². The van der Waals surface area contributed by atoms with Crippen LogP contribution in [-0.4, -0.2) is 46.5 Å². The molecule has 0 bridgehead atoms. The lowest BCUT2D eigenvalue weighted by atomic mass is 10.1. The monoisotopic (exact) mass is 354 g/mol. The van der Waals surface area contributed by atoms with Crippen LogP contribution in [0.1, 0.15) is 0 Å². The summed E-state index contributed by atoms with van der Waals surface area (Å²) in [7, 11) is 0. The molecule has 1 aliphatic heterocycles. The molecule has 0 unspecified atom stereocenters. The van der Waals surface area contributed by atoms with Crippen molar-refractivity contribution in [1.29, 1.82) is 0 Å². The first-order chi connectivity index (χ1) is 10.0. The molecule has 0 aliphatic carbocycles.